The molecular weight excluding hydrogens is 519 g/mol. The number of aromatic nitrogens is 2. The smallest absolute Gasteiger partial charge is 0.246 e. The molecule has 1 aromatic carbocycles. The molecule has 0 aliphatic carbocycles. The van der Waals surface area contributed by atoms with E-state index in [4.69, 9.17) is 9.73 Å². The lowest BCUT2D eigenvalue weighted by Crippen LogP contribution is -2.55. The number of piperazine rings is 1. The number of ether oxygens (including phenoxy) is 1. The Kier molecular flexibility index (Phi) is 9.50. The second kappa shape index (κ2) is 11.6. The molecule has 0 saturated carbocycles. The Morgan fingerprint density at radius 1 is 1.25 bits per heavy atom. The van der Waals surface area contributed by atoms with Gasteiger partial charge in [0.25, 0.3) is 0 Å². The largest absolute Gasteiger partial charge is 0.371 e. The minimum absolute atomic E-state index is 0. The summed E-state index contributed by atoms with van der Waals surface area (Å²) in [5.41, 5.74) is 2.92. The van der Waals surface area contributed by atoms with Crippen LogP contribution in [0.15, 0.2) is 41.7 Å². The van der Waals surface area contributed by atoms with Crippen LogP contribution in [-0.2, 0) is 29.7 Å². The van der Waals surface area contributed by atoms with Crippen LogP contribution in [0.5, 0.6) is 0 Å². The van der Waals surface area contributed by atoms with Crippen molar-refractivity contribution in [1.82, 2.24) is 20.0 Å². The minimum atomic E-state index is -0.170. The number of nitrogens with zero attached hydrogens (tertiary/aromatic N) is 5. The SMILES string of the molecule is CCNC(=NCc1cccc(COC(C)(C)C)c1)N1CCN(c2cnn(C)c2)C(=O)C1.I. The van der Waals surface area contributed by atoms with Crippen LogP contribution in [0, 0.1) is 0 Å². The number of rotatable bonds is 6. The Morgan fingerprint density at radius 2 is 2.00 bits per heavy atom. The van der Waals surface area contributed by atoms with Gasteiger partial charge in [-0.2, -0.15) is 5.10 Å². The van der Waals surface area contributed by atoms with Gasteiger partial charge in [0, 0.05) is 32.9 Å². The summed E-state index contributed by atoms with van der Waals surface area (Å²) in [6, 6.07) is 8.30. The second-order valence-electron chi connectivity index (χ2n) is 8.73. The fourth-order valence-corrected chi connectivity index (χ4v) is 3.38. The maximum atomic E-state index is 12.7. The fraction of sp³-hybridized carbons (Fsp3) is 0.522. The van der Waals surface area contributed by atoms with Crippen molar-refractivity contribution < 1.29 is 9.53 Å². The molecule has 0 spiro atoms. The molecule has 0 unspecified atom stereocenters. The molecule has 3 rings (SSSR count). The van der Waals surface area contributed by atoms with E-state index < -0.39 is 0 Å². The number of guanidine groups is 1. The van der Waals surface area contributed by atoms with Gasteiger partial charge in [0.15, 0.2) is 5.96 Å². The third-order valence-electron chi connectivity index (χ3n) is 4.93. The van der Waals surface area contributed by atoms with Gasteiger partial charge in [-0.3, -0.25) is 9.48 Å². The van der Waals surface area contributed by atoms with Gasteiger partial charge >= 0.3 is 0 Å². The molecule has 8 nitrogen and oxygen atoms in total. The molecule has 1 aliphatic rings. The number of amides is 1. The molecule has 1 saturated heterocycles. The topological polar surface area (TPSA) is 75.0 Å². The van der Waals surface area contributed by atoms with Crippen LogP contribution >= 0.6 is 24.0 Å². The van der Waals surface area contributed by atoms with Gasteiger partial charge in [-0.25, -0.2) is 4.99 Å². The van der Waals surface area contributed by atoms with Crippen LogP contribution in [-0.4, -0.2) is 58.3 Å². The van der Waals surface area contributed by atoms with E-state index in [1.54, 1.807) is 15.8 Å². The number of benzene rings is 1. The molecule has 176 valence electrons. The van der Waals surface area contributed by atoms with Crippen LogP contribution in [0.1, 0.15) is 38.8 Å². The Balaban J connectivity index is 0.00000363. The summed E-state index contributed by atoms with van der Waals surface area (Å²) in [6.45, 7) is 11.7. The van der Waals surface area contributed by atoms with Crippen molar-refractivity contribution in [3.63, 3.8) is 0 Å². The fourth-order valence-electron chi connectivity index (χ4n) is 3.38. The zero-order chi connectivity index (χ0) is 22.4. The first-order chi connectivity index (χ1) is 14.7. The van der Waals surface area contributed by atoms with E-state index in [1.165, 1.54) is 0 Å². The van der Waals surface area contributed by atoms with Crippen molar-refractivity contribution in [2.45, 2.75) is 46.4 Å². The van der Waals surface area contributed by atoms with Crippen LogP contribution < -0.4 is 10.2 Å². The van der Waals surface area contributed by atoms with Gasteiger partial charge in [-0.05, 0) is 38.8 Å². The predicted molar refractivity (Wildman–Crippen MR) is 138 cm³/mol. The van der Waals surface area contributed by atoms with E-state index in [2.05, 4.69) is 49.4 Å². The number of halogens is 1. The maximum absolute atomic E-state index is 12.7. The average Bonchev–Trinajstić information content (AvgIpc) is 3.15. The van der Waals surface area contributed by atoms with Gasteiger partial charge in [-0.1, -0.05) is 24.3 Å². The van der Waals surface area contributed by atoms with Crippen molar-refractivity contribution in [3.8, 4) is 0 Å². The molecule has 1 N–H and O–H groups in total. The zero-order valence-corrected chi connectivity index (χ0v) is 22.0. The molecule has 1 amide bonds. The molecule has 0 bridgehead atoms. The second-order valence-corrected chi connectivity index (χ2v) is 8.73. The number of hydrogen-bond donors (Lipinski definition) is 1. The van der Waals surface area contributed by atoms with Crippen LogP contribution in [0.3, 0.4) is 0 Å². The van der Waals surface area contributed by atoms with E-state index in [0.717, 1.165) is 29.3 Å². The lowest BCUT2D eigenvalue weighted by Gasteiger charge is -2.35. The van der Waals surface area contributed by atoms with E-state index >= 15 is 0 Å². The Labute approximate surface area is 208 Å². The van der Waals surface area contributed by atoms with Gasteiger partial charge in [0.1, 0.15) is 6.54 Å². The summed E-state index contributed by atoms with van der Waals surface area (Å²) in [4.78, 5) is 21.3. The summed E-state index contributed by atoms with van der Waals surface area (Å²) in [6.07, 6.45) is 3.59. The monoisotopic (exact) mass is 554 g/mol. The third-order valence-corrected chi connectivity index (χ3v) is 4.93. The van der Waals surface area contributed by atoms with Crippen molar-refractivity contribution in [2.24, 2.45) is 12.0 Å². The van der Waals surface area contributed by atoms with Crippen molar-refractivity contribution >= 4 is 41.5 Å². The standard InChI is InChI=1S/C23H34N6O2.HI/c1-6-24-22(25-13-18-8-7-9-19(12-18)17-31-23(2,3)4)28-10-11-29(21(30)16-28)20-14-26-27(5)15-20;/h7-9,12,14-15H,6,10-11,13,16-17H2,1-5H3,(H,24,25);1H. The summed E-state index contributed by atoms with van der Waals surface area (Å²) in [5.74, 6) is 0.809. The lowest BCUT2D eigenvalue weighted by molar-refractivity contribution is -0.120. The van der Waals surface area contributed by atoms with Crippen molar-refractivity contribution in [1.29, 1.82) is 0 Å². The van der Waals surface area contributed by atoms with Crippen molar-refractivity contribution in [2.75, 3.05) is 31.1 Å². The lowest BCUT2D eigenvalue weighted by atomic mass is 10.1. The number of aryl methyl sites for hydroxylation is 1. The molecule has 0 atom stereocenters. The predicted octanol–water partition coefficient (Wildman–Crippen LogP) is 3.17. The summed E-state index contributed by atoms with van der Waals surface area (Å²) >= 11 is 0. The molecule has 32 heavy (non-hydrogen) atoms. The number of aliphatic imine (C=N–C) groups is 1. The van der Waals surface area contributed by atoms with Crippen LogP contribution in [0.2, 0.25) is 0 Å². The molecular formula is C23H35IN6O2. The summed E-state index contributed by atoms with van der Waals surface area (Å²) < 4.78 is 7.59. The van der Waals surface area contributed by atoms with Gasteiger partial charge in [-0.15, -0.1) is 24.0 Å². The number of carbonyl (C=O) groups excluding carboxylic acids is 1. The van der Waals surface area contributed by atoms with Crippen LogP contribution in [0.4, 0.5) is 5.69 Å². The number of anilines is 1. The van der Waals surface area contributed by atoms with E-state index in [-0.39, 0.29) is 35.5 Å². The number of nitrogens with one attached hydrogen (secondary N) is 1. The first kappa shape index (κ1) is 26.1. The normalized spacial score (nSPS) is 15.0. The molecule has 2 aromatic rings. The van der Waals surface area contributed by atoms with E-state index in [0.29, 0.717) is 32.8 Å². The van der Waals surface area contributed by atoms with E-state index in [1.807, 2.05) is 31.1 Å². The highest BCUT2D eigenvalue weighted by molar-refractivity contribution is 14.0. The maximum Gasteiger partial charge on any atom is 0.246 e. The first-order valence-electron chi connectivity index (χ1n) is 10.8. The Hall–Kier alpha value is -2.14. The number of hydrogen-bond acceptors (Lipinski definition) is 4. The molecule has 0 radical (unpaired) electrons. The zero-order valence-electron chi connectivity index (χ0n) is 19.7. The molecule has 2 heterocycles. The highest BCUT2D eigenvalue weighted by atomic mass is 127. The first-order valence-corrected chi connectivity index (χ1v) is 10.8. The summed E-state index contributed by atoms with van der Waals surface area (Å²) in [5, 5.41) is 7.50. The molecule has 1 aliphatic heterocycles. The quantitative estimate of drug-likeness (QED) is 0.338. The van der Waals surface area contributed by atoms with Gasteiger partial charge in [0.2, 0.25) is 5.91 Å². The Bertz CT molecular complexity index is 921. The number of carbonyl (C=O) groups is 1. The summed E-state index contributed by atoms with van der Waals surface area (Å²) in [7, 11) is 1.85. The van der Waals surface area contributed by atoms with Crippen molar-refractivity contribution in [3.05, 3.63) is 47.8 Å². The van der Waals surface area contributed by atoms with Gasteiger partial charge in [0.05, 0.1) is 30.6 Å². The molecule has 1 fully saturated rings. The molecule has 9 heteroatoms. The van der Waals surface area contributed by atoms with E-state index in [9.17, 15) is 4.79 Å². The highest BCUT2D eigenvalue weighted by Gasteiger charge is 2.27. The molecule has 1 aromatic heterocycles. The average molecular weight is 554 g/mol. The van der Waals surface area contributed by atoms with Gasteiger partial charge < -0.3 is 19.9 Å². The third kappa shape index (κ3) is 7.47. The highest BCUT2D eigenvalue weighted by Crippen LogP contribution is 2.17. The Morgan fingerprint density at radius 3 is 2.62 bits per heavy atom. The van der Waals surface area contributed by atoms with Crippen LogP contribution in [0.25, 0.3) is 0 Å². The minimum Gasteiger partial charge on any atom is -0.371 e.